The van der Waals surface area contributed by atoms with Gasteiger partial charge in [0, 0.05) is 31.0 Å². The SMILES string of the molecule is c1ccc(CN2CCC[C@@H](c3nnc(-c4ccncc4)o3)C2)cc1. The van der Waals surface area contributed by atoms with Gasteiger partial charge in [0.1, 0.15) is 0 Å². The van der Waals surface area contributed by atoms with Crippen molar-refractivity contribution < 1.29 is 4.42 Å². The minimum Gasteiger partial charge on any atom is -0.420 e. The molecule has 3 heterocycles. The Bertz CT molecular complexity index is 772. The van der Waals surface area contributed by atoms with Gasteiger partial charge in [0.15, 0.2) is 0 Å². The molecule has 0 bridgehead atoms. The Morgan fingerprint density at radius 2 is 1.88 bits per heavy atom. The summed E-state index contributed by atoms with van der Waals surface area (Å²) in [5, 5.41) is 8.50. The third kappa shape index (κ3) is 3.36. The summed E-state index contributed by atoms with van der Waals surface area (Å²) >= 11 is 0. The zero-order chi connectivity index (χ0) is 16.2. The van der Waals surface area contributed by atoms with E-state index in [0.29, 0.717) is 11.8 Å². The highest BCUT2D eigenvalue weighted by Crippen LogP contribution is 2.28. The predicted molar refractivity (Wildman–Crippen MR) is 91.2 cm³/mol. The van der Waals surface area contributed by atoms with Crippen LogP contribution in [0.25, 0.3) is 11.5 Å². The molecule has 1 saturated heterocycles. The van der Waals surface area contributed by atoms with Crippen molar-refractivity contribution in [1.82, 2.24) is 20.1 Å². The molecule has 0 amide bonds. The lowest BCUT2D eigenvalue weighted by Crippen LogP contribution is -2.34. The second-order valence-electron chi connectivity index (χ2n) is 6.24. The molecule has 1 aliphatic heterocycles. The Hall–Kier alpha value is -2.53. The molecule has 1 atom stereocenters. The molecule has 0 aliphatic carbocycles. The fourth-order valence-corrected chi connectivity index (χ4v) is 3.25. The van der Waals surface area contributed by atoms with E-state index < -0.39 is 0 Å². The minimum absolute atomic E-state index is 0.311. The predicted octanol–water partition coefficient (Wildman–Crippen LogP) is 3.51. The summed E-state index contributed by atoms with van der Waals surface area (Å²) in [5.41, 5.74) is 2.27. The maximum atomic E-state index is 5.93. The van der Waals surface area contributed by atoms with Gasteiger partial charge in [-0.3, -0.25) is 9.88 Å². The van der Waals surface area contributed by atoms with Crippen molar-refractivity contribution in [1.29, 1.82) is 0 Å². The molecule has 24 heavy (non-hydrogen) atoms. The lowest BCUT2D eigenvalue weighted by atomic mass is 9.97. The molecule has 2 aromatic heterocycles. The molecule has 1 aliphatic rings. The first kappa shape index (κ1) is 15.0. The third-order valence-corrected chi connectivity index (χ3v) is 4.47. The van der Waals surface area contributed by atoms with Crippen LogP contribution in [0.3, 0.4) is 0 Å². The molecule has 3 aromatic rings. The molecule has 0 spiro atoms. The lowest BCUT2D eigenvalue weighted by molar-refractivity contribution is 0.186. The van der Waals surface area contributed by atoms with Crippen molar-refractivity contribution in [3.63, 3.8) is 0 Å². The number of benzene rings is 1. The number of pyridine rings is 1. The molecule has 1 fully saturated rings. The summed E-state index contributed by atoms with van der Waals surface area (Å²) in [6, 6.07) is 14.4. The van der Waals surface area contributed by atoms with Gasteiger partial charge in [-0.25, -0.2) is 0 Å². The summed E-state index contributed by atoms with van der Waals surface area (Å²) in [6.45, 7) is 3.06. The van der Waals surface area contributed by atoms with Crippen LogP contribution < -0.4 is 0 Å². The molecular weight excluding hydrogens is 300 g/mol. The lowest BCUT2D eigenvalue weighted by Gasteiger charge is -2.31. The molecule has 1 aromatic carbocycles. The quantitative estimate of drug-likeness (QED) is 0.736. The third-order valence-electron chi connectivity index (χ3n) is 4.47. The van der Waals surface area contributed by atoms with Crippen molar-refractivity contribution in [3.8, 4) is 11.5 Å². The van der Waals surface area contributed by atoms with Gasteiger partial charge in [-0.15, -0.1) is 10.2 Å². The van der Waals surface area contributed by atoms with E-state index in [1.165, 1.54) is 5.56 Å². The second-order valence-corrected chi connectivity index (χ2v) is 6.24. The molecule has 122 valence electrons. The molecule has 0 N–H and O–H groups in total. The van der Waals surface area contributed by atoms with Gasteiger partial charge >= 0.3 is 0 Å². The molecule has 0 radical (unpaired) electrons. The van der Waals surface area contributed by atoms with Crippen LogP contribution >= 0.6 is 0 Å². The number of nitrogens with zero attached hydrogens (tertiary/aromatic N) is 4. The van der Waals surface area contributed by atoms with Crippen molar-refractivity contribution in [3.05, 3.63) is 66.3 Å². The average Bonchev–Trinajstić information content (AvgIpc) is 3.14. The van der Waals surface area contributed by atoms with Crippen LogP contribution in [-0.4, -0.2) is 33.2 Å². The monoisotopic (exact) mass is 320 g/mol. The van der Waals surface area contributed by atoms with Crippen molar-refractivity contribution in [2.24, 2.45) is 0 Å². The van der Waals surface area contributed by atoms with Crippen LogP contribution in [0.5, 0.6) is 0 Å². The van der Waals surface area contributed by atoms with Gasteiger partial charge in [0.05, 0.1) is 5.92 Å². The van der Waals surface area contributed by atoms with Crippen LogP contribution in [-0.2, 0) is 6.54 Å². The Morgan fingerprint density at radius 3 is 2.71 bits per heavy atom. The van der Waals surface area contributed by atoms with Crippen LogP contribution in [0.1, 0.15) is 30.2 Å². The standard InChI is InChI=1S/C19H20N4O/c1-2-5-15(6-3-1)13-23-12-4-7-17(14-23)19-22-21-18(24-19)16-8-10-20-11-9-16/h1-3,5-6,8-11,17H,4,7,12-14H2/t17-/m1/s1. The summed E-state index contributed by atoms with van der Waals surface area (Å²) < 4.78 is 5.93. The highest BCUT2D eigenvalue weighted by Gasteiger charge is 2.26. The smallest absolute Gasteiger partial charge is 0.247 e. The van der Waals surface area contributed by atoms with E-state index in [-0.39, 0.29) is 0 Å². The van der Waals surface area contributed by atoms with Gasteiger partial charge in [-0.05, 0) is 37.1 Å². The normalized spacial score (nSPS) is 18.6. The van der Waals surface area contributed by atoms with Crippen LogP contribution in [0.15, 0.2) is 59.3 Å². The number of aromatic nitrogens is 3. The van der Waals surface area contributed by atoms with Crippen molar-refractivity contribution in [2.75, 3.05) is 13.1 Å². The van der Waals surface area contributed by atoms with Gasteiger partial charge < -0.3 is 4.42 Å². The average molecular weight is 320 g/mol. The van der Waals surface area contributed by atoms with E-state index in [4.69, 9.17) is 4.42 Å². The van der Waals surface area contributed by atoms with Crippen LogP contribution in [0.2, 0.25) is 0 Å². The molecule has 5 nitrogen and oxygen atoms in total. The number of likely N-dealkylation sites (tertiary alicyclic amines) is 1. The number of hydrogen-bond acceptors (Lipinski definition) is 5. The van der Waals surface area contributed by atoms with Gasteiger partial charge in [-0.1, -0.05) is 30.3 Å². The van der Waals surface area contributed by atoms with E-state index in [9.17, 15) is 0 Å². The van der Waals surface area contributed by atoms with E-state index in [1.54, 1.807) is 12.4 Å². The Balaban J connectivity index is 1.45. The first-order chi connectivity index (χ1) is 11.9. The van der Waals surface area contributed by atoms with Crippen molar-refractivity contribution in [2.45, 2.75) is 25.3 Å². The Morgan fingerprint density at radius 1 is 1.04 bits per heavy atom. The molecule has 0 unspecified atom stereocenters. The summed E-state index contributed by atoms with van der Waals surface area (Å²) in [7, 11) is 0. The van der Waals surface area contributed by atoms with Crippen LogP contribution in [0, 0.1) is 0 Å². The Labute approximate surface area is 141 Å². The zero-order valence-electron chi connectivity index (χ0n) is 13.5. The first-order valence-corrected chi connectivity index (χ1v) is 8.38. The number of piperidine rings is 1. The fourth-order valence-electron chi connectivity index (χ4n) is 3.25. The van der Waals surface area contributed by atoms with Crippen LogP contribution in [0.4, 0.5) is 0 Å². The molecule has 5 heteroatoms. The van der Waals surface area contributed by atoms with Gasteiger partial charge in [0.2, 0.25) is 11.8 Å². The first-order valence-electron chi connectivity index (χ1n) is 8.38. The maximum Gasteiger partial charge on any atom is 0.247 e. The number of rotatable bonds is 4. The molecule has 0 saturated carbocycles. The summed E-state index contributed by atoms with van der Waals surface area (Å²) in [6.07, 6.45) is 5.73. The number of hydrogen-bond donors (Lipinski definition) is 0. The van der Waals surface area contributed by atoms with E-state index in [2.05, 4.69) is 50.4 Å². The fraction of sp³-hybridized carbons (Fsp3) is 0.316. The molecular formula is C19H20N4O. The highest BCUT2D eigenvalue weighted by atomic mass is 16.4. The second kappa shape index (κ2) is 6.93. The topological polar surface area (TPSA) is 55.1 Å². The minimum atomic E-state index is 0.311. The largest absolute Gasteiger partial charge is 0.420 e. The van der Waals surface area contributed by atoms with E-state index >= 15 is 0 Å². The highest BCUT2D eigenvalue weighted by molar-refractivity contribution is 5.50. The zero-order valence-corrected chi connectivity index (χ0v) is 13.5. The van der Waals surface area contributed by atoms with Crippen molar-refractivity contribution >= 4 is 0 Å². The maximum absolute atomic E-state index is 5.93. The van der Waals surface area contributed by atoms with Gasteiger partial charge in [0.25, 0.3) is 0 Å². The molecule has 4 rings (SSSR count). The van der Waals surface area contributed by atoms with E-state index in [1.807, 2.05) is 12.1 Å². The Kier molecular flexibility index (Phi) is 4.34. The summed E-state index contributed by atoms with van der Waals surface area (Å²) in [5.74, 6) is 1.64. The summed E-state index contributed by atoms with van der Waals surface area (Å²) in [4.78, 5) is 6.49. The van der Waals surface area contributed by atoms with Gasteiger partial charge in [-0.2, -0.15) is 0 Å². The van der Waals surface area contributed by atoms with E-state index in [0.717, 1.165) is 43.9 Å².